The largest absolute Gasteiger partial charge is 0.360 e. The highest BCUT2D eigenvalue weighted by atomic mass is 35.5. The summed E-state index contributed by atoms with van der Waals surface area (Å²) in [6, 6.07) is 5.61. The molecular formula is C12H11ClN2O. The standard InChI is InChI=1S/C12H11ClN2O/c13-9-3-1-4-10-11(9)8(7-14-10)12(16)15-5-2-6-15/h1,3-4,7,14H,2,5-6H2. The van der Waals surface area contributed by atoms with Gasteiger partial charge in [0.15, 0.2) is 0 Å². The summed E-state index contributed by atoms with van der Waals surface area (Å²) >= 11 is 6.12. The number of hydrogen-bond acceptors (Lipinski definition) is 1. The Morgan fingerprint density at radius 2 is 2.19 bits per heavy atom. The van der Waals surface area contributed by atoms with Crippen LogP contribution in [0.1, 0.15) is 16.8 Å². The Morgan fingerprint density at radius 1 is 1.38 bits per heavy atom. The fraction of sp³-hybridized carbons (Fsp3) is 0.250. The molecule has 1 amide bonds. The van der Waals surface area contributed by atoms with E-state index in [1.54, 1.807) is 6.20 Å². The Kier molecular flexibility index (Phi) is 2.14. The molecule has 1 N–H and O–H groups in total. The van der Waals surface area contributed by atoms with Gasteiger partial charge in [0, 0.05) is 30.2 Å². The summed E-state index contributed by atoms with van der Waals surface area (Å²) in [5.74, 6) is 0.0746. The molecule has 1 saturated heterocycles. The first-order valence-corrected chi connectivity index (χ1v) is 5.70. The third-order valence-corrected chi connectivity index (χ3v) is 3.34. The zero-order valence-corrected chi connectivity index (χ0v) is 9.42. The van der Waals surface area contributed by atoms with Gasteiger partial charge in [-0.2, -0.15) is 0 Å². The highest BCUT2D eigenvalue weighted by Gasteiger charge is 2.24. The van der Waals surface area contributed by atoms with Crippen molar-refractivity contribution >= 4 is 28.4 Å². The maximum atomic E-state index is 12.1. The molecule has 82 valence electrons. The fourth-order valence-corrected chi connectivity index (χ4v) is 2.27. The predicted molar refractivity (Wildman–Crippen MR) is 63.8 cm³/mol. The molecule has 2 aromatic rings. The van der Waals surface area contributed by atoms with Crippen molar-refractivity contribution in [2.45, 2.75) is 6.42 Å². The van der Waals surface area contributed by atoms with Gasteiger partial charge in [-0.1, -0.05) is 17.7 Å². The van der Waals surface area contributed by atoms with Gasteiger partial charge in [-0.25, -0.2) is 0 Å². The van der Waals surface area contributed by atoms with Gasteiger partial charge >= 0.3 is 0 Å². The minimum Gasteiger partial charge on any atom is -0.360 e. The lowest BCUT2D eigenvalue weighted by Crippen LogP contribution is -2.41. The van der Waals surface area contributed by atoms with E-state index in [1.807, 2.05) is 23.1 Å². The number of aromatic amines is 1. The Morgan fingerprint density at radius 3 is 2.88 bits per heavy atom. The lowest BCUT2D eigenvalue weighted by Gasteiger charge is -2.30. The molecule has 1 fully saturated rings. The van der Waals surface area contributed by atoms with Gasteiger partial charge in [0.1, 0.15) is 0 Å². The van der Waals surface area contributed by atoms with Crippen LogP contribution in [0.4, 0.5) is 0 Å². The second kappa shape index (κ2) is 3.52. The number of fused-ring (bicyclic) bond motifs is 1. The van der Waals surface area contributed by atoms with Crippen LogP contribution in [-0.2, 0) is 0 Å². The topological polar surface area (TPSA) is 36.1 Å². The van der Waals surface area contributed by atoms with E-state index < -0.39 is 0 Å². The average Bonchev–Trinajstić information content (AvgIpc) is 2.60. The molecule has 0 unspecified atom stereocenters. The molecule has 3 rings (SSSR count). The molecule has 1 aromatic carbocycles. The van der Waals surface area contributed by atoms with Gasteiger partial charge in [0.25, 0.3) is 5.91 Å². The number of amides is 1. The third kappa shape index (κ3) is 1.32. The van der Waals surface area contributed by atoms with Gasteiger partial charge in [0.2, 0.25) is 0 Å². The Bertz CT molecular complexity index is 557. The zero-order valence-electron chi connectivity index (χ0n) is 8.66. The molecule has 0 bridgehead atoms. The number of hydrogen-bond donors (Lipinski definition) is 1. The van der Waals surface area contributed by atoms with Gasteiger partial charge in [-0.15, -0.1) is 0 Å². The minimum atomic E-state index is 0.0746. The Hall–Kier alpha value is -1.48. The van der Waals surface area contributed by atoms with Gasteiger partial charge in [-0.05, 0) is 18.6 Å². The van der Waals surface area contributed by atoms with Crippen LogP contribution in [0, 0.1) is 0 Å². The van der Waals surface area contributed by atoms with Crippen LogP contribution in [0.15, 0.2) is 24.4 Å². The number of aromatic nitrogens is 1. The summed E-state index contributed by atoms with van der Waals surface area (Å²) in [6.45, 7) is 1.71. The Labute approximate surface area is 98.0 Å². The quantitative estimate of drug-likeness (QED) is 0.809. The highest BCUT2D eigenvalue weighted by Crippen LogP contribution is 2.28. The molecule has 1 aliphatic rings. The van der Waals surface area contributed by atoms with E-state index in [4.69, 9.17) is 11.6 Å². The molecule has 1 aliphatic heterocycles. The van der Waals surface area contributed by atoms with E-state index in [9.17, 15) is 4.79 Å². The third-order valence-electron chi connectivity index (χ3n) is 3.03. The second-order valence-corrected chi connectivity index (χ2v) is 4.42. The molecule has 3 nitrogen and oxygen atoms in total. The SMILES string of the molecule is O=C(c1c[nH]c2cccc(Cl)c12)N1CCC1. The van der Waals surface area contributed by atoms with E-state index in [1.165, 1.54) is 0 Å². The summed E-state index contributed by atoms with van der Waals surface area (Å²) in [6.07, 6.45) is 2.85. The van der Waals surface area contributed by atoms with Crippen molar-refractivity contribution in [3.05, 3.63) is 35.0 Å². The van der Waals surface area contributed by atoms with Crippen LogP contribution in [0.3, 0.4) is 0 Å². The van der Waals surface area contributed by atoms with Crippen LogP contribution in [0.25, 0.3) is 10.9 Å². The maximum absolute atomic E-state index is 12.1. The number of nitrogens with one attached hydrogen (secondary N) is 1. The van der Waals surface area contributed by atoms with Crippen LogP contribution < -0.4 is 0 Å². The smallest absolute Gasteiger partial charge is 0.256 e. The van der Waals surface area contributed by atoms with Crippen molar-refractivity contribution in [1.82, 2.24) is 9.88 Å². The minimum absolute atomic E-state index is 0.0746. The fourth-order valence-electron chi connectivity index (χ4n) is 2.00. The van der Waals surface area contributed by atoms with Gasteiger partial charge < -0.3 is 9.88 Å². The monoisotopic (exact) mass is 234 g/mol. The zero-order chi connectivity index (χ0) is 11.1. The number of halogens is 1. The van der Waals surface area contributed by atoms with Crippen LogP contribution in [-0.4, -0.2) is 28.9 Å². The first kappa shape index (κ1) is 9.73. The summed E-state index contributed by atoms with van der Waals surface area (Å²) < 4.78 is 0. The number of carbonyl (C=O) groups excluding carboxylic acids is 1. The van der Waals surface area contributed by atoms with Crippen molar-refractivity contribution < 1.29 is 4.79 Å². The van der Waals surface area contributed by atoms with Crippen LogP contribution in [0.2, 0.25) is 5.02 Å². The number of rotatable bonds is 1. The molecule has 4 heteroatoms. The van der Waals surface area contributed by atoms with Crippen molar-refractivity contribution in [2.75, 3.05) is 13.1 Å². The van der Waals surface area contributed by atoms with E-state index in [2.05, 4.69) is 4.98 Å². The van der Waals surface area contributed by atoms with Crippen molar-refractivity contribution in [3.8, 4) is 0 Å². The molecule has 0 aliphatic carbocycles. The van der Waals surface area contributed by atoms with E-state index in [-0.39, 0.29) is 5.91 Å². The molecule has 0 radical (unpaired) electrons. The molecule has 0 atom stereocenters. The second-order valence-electron chi connectivity index (χ2n) is 4.01. The van der Waals surface area contributed by atoms with E-state index in [0.29, 0.717) is 10.6 Å². The van der Waals surface area contributed by atoms with Gasteiger partial charge in [-0.3, -0.25) is 4.79 Å². The lowest BCUT2D eigenvalue weighted by molar-refractivity contribution is 0.0654. The maximum Gasteiger partial charge on any atom is 0.256 e. The van der Waals surface area contributed by atoms with E-state index in [0.717, 1.165) is 30.4 Å². The number of likely N-dealkylation sites (tertiary alicyclic amines) is 1. The van der Waals surface area contributed by atoms with Crippen molar-refractivity contribution in [3.63, 3.8) is 0 Å². The summed E-state index contributed by atoms with van der Waals surface area (Å²) in [5, 5.41) is 1.46. The highest BCUT2D eigenvalue weighted by molar-refractivity contribution is 6.36. The Balaban J connectivity index is 2.12. The first-order chi connectivity index (χ1) is 7.77. The molecule has 1 aromatic heterocycles. The number of nitrogens with zero attached hydrogens (tertiary/aromatic N) is 1. The van der Waals surface area contributed by atoms with Gasteiger partial charge in [0.05, 0.1) is 10.6 Å². The normalized spacial score (nSPS) is 15.2. The first-order valence-electron chi connectivity index (χ1n) is 5.32. The predicted octanol–water partition coefficient (Wildman–Crippen LogP) is 2.67. The number of carbonyl (C=O) groups is 1. The molecule has 0 spiro atoms. The van der Waals surface area contributed by atoms with Crippen LogP contribution in [0.5, 0.6) is 0 Å². The molecule has 2 heterocycles. The molecular weight excluding hydrogens is 224 g/mol. The molecule has 16 heavy (non-hydrogen) atoms. The summed E-state index contributed by atoms with van der Waals surface area (Å²) in [7, 11) is 0. The summed E-state index contributed by atoms with van der Waals surface area (Å²) in [4.78, 5) is 17.0. The van der Waals surface area contributed by atoms with Crippen LogP contribution >= 0.6 is 11.6 Å². The molecule has 0 saturated carbocycles. The summed E-state index contributed by atoms with van der Waals surface area (Å²) in [5.41, 5.74) is 1.59. The number of H-pyrrole nitrogens is 1. The lowest BCUT2D eigenvalue weighted by atomic mass is 10.1. The van der Waals surface area contributed by atoms with Crippen molar-refractivity contribution in [2.24, 2.45) is 0 Å². The van der Waals surface area contributed by atoms with Crippen molar-refractivity contribution in [1.29, 1.82) is 0 Å². The number of benzene rings is 1. The average molecular weight is 235 g/mol. The van der Waals surface area contributed by atoms with E-state index >= 15 is 0 Å².